The van der Waals surface area contributed by atoms with Gasteiger partial charge in [0, 0.05) is 29.5 Å². The minimum absolute atomic E-state index is 0.0934. The maximum absolute atomic E-state index is 9.88. The Kier molecular flexibility index (Phi) is 5.32. The molecule has 0 heterocycles. The first-order valence-electron chi connectivity index (χ1n) is 6.73. The second kappa shape index (κ2) is 7.22. The predicted octanol–water partition coefficient (Wildman–Crippen LogP) is 2.21. The van der Waals surface area contributed by atoms with Gasteiger partial charge in [0.05, 0.1) is 13.2 Å². The van der Waals surface area contributed by atoms with Crippen LogP contribution in [0, 0.1) is 0 Å². The number of phenols is 1. The van der Waals surface area contributed by atoms with Crippen LogP contribution >= 0.6 is 12.2 Å². The van der Waals surface area contributed by atoms with E-state index >= 15 is 0 Å². The summed E-state index contributed by atoms with van der Waals surface area (Å²) in [6.45, 7) is -0.640. The zero-order valence-corrected chi connectivity index (χ0v) is 13.0. The number of aliphatic hydroxyl groups excluding tert-OH is 2. The van der Waals surface area contributed by atoms with Crippen LogP contribution in [0.1, 0.15) is 11.1 Å². The van der Waals surface area contributed by atoms with E-state index in [0.717, 1.165) is 5.69 Å². The van der Waals surface area contributed by atoms with E-state index in [-0.39, 0.29) is 19.0 Å². The summed E-state index contributed by atoms with van der Waals surface area (Å²) in [5.41, 5.74) is 2.22. The molecule has 2 aromatic rings. The van der Waals surface area contributed by atoms with Crippen molar-refractivity contribution in [3.63, 3.8) is 0 Å². The molecule has 0 spiro atoms. The highest BCUT2D eigenvalue weighted by atomic mass is 32.1. The first-order chi connectivity index (χ1) is 10.6. The molecule has 0 bridgehead atoms. The molecular weight excluding hydrogens is 300 g/mol. The summed E-state index contributed by atoms with van der Waals surface area (Å²) in [4.78, 5) is 1.71. The van der Waals surface area contributed by atoms with Gasteiger partial charge in [-0.05, 0) is 36.5 Å². The van der Waals surface area contributed by atoms with Gasteiger partial charge in [0.1, 0.15) is 5.75 Å². The molecule has 0 aliphatic heterocycles. The van der Waals surface area contributed by atoms with Crippen molar-refractivity contribution in [3.05, 3.63) is 53.6 Å². The third kappa shape index (κ3) is 3.54. The molecule has 116 valence electrons. The van der Waals surface area contributed by atoms with E-state index in [2.05, 4.69) is 5.32 Å². The highest BCUT2D eigenvalue weighted by Gasteiger charge is 2.13. The molecule has 0 saturated carbocycles. The zero-order chi connectivity index (χ0) is 16.1. The molecule has 6 heteroatoms. The fourth-order valence-electron chi connectivity index (χ4n) is 2.02. The standard InChI is InChI=1S/C16H18N2O3S/c1-18(16(22)17-13-5-3-2-4-6-13)14-7-11(9-19)15(21)12(8-14)10-20/h2-8,19-21H,9-10H2,1H3,(H,17,22). The van der Waals surface area contributed by atoms with E-state index in [1.807, 2.05) is 30.3 Å². The number of anilines is 2. The van der Waals surface area contributed by atoms with Crippen molar-refractivity contribution in [3.8, 4) is 5.75 Å². The van der Waals surface area contributed by atoms with Crippen LogP contribution in [0.25, 0.3) is 0 Å². The Morgan fingerprint density at radius 3 is 2.14 bits per heavy atom. The molecule has 0 unspecified atom stereocenters. The Bertz CT molecular complexity index is 637. The van der Waals surface area contributed by atoms with E-state index < -0.39 is 0 Å². The molecule has 0 aliphatic rings. The Balaban J connectivity index is 2.25. The number of nitrogens with one attached hydrogen (secondary N) is 1. The second-order valence-electron chi connectivity index (χ2n) is 4.78. The van der Waals surface area contributed by atoms with Crippen LogP contribution in [0.3, 0.4) is 0 Å². The Labute approximate surface area is 134 Å². The van der Waals surface area contributed by atoms with Crippen LogP contribution in [0.5, 0.6) is 5.75 Å². The lowest BCUT2D eigenvalue weighted by Gasteiger charge is -2.23. The van der Waals surface area contributed by atoms with Crippen molar-refractivity contribution in [2.24, 2.45) is 0 Å². The molecule has 0 saturated heterocycles. The highest BCUT2D eigenvalue weighted by molar-refractivity contribution is 7.80. The summed E-state index contributed by atoms with van der Waals surface area (Å²) >= 11 is 5.36. The van der Waals surface area contributed by atoms with Gasteiger partial charge in [0.25, 0.3) is 0 Å². The summed E-state index contributed by atoms with van der Waals surface area (Å²) in [6.07, 6.45) is 0. The number of aromatic hydroxyl groups is 1. The van der Waals surface area contributed by atoms with Crippen LogP contribution in [-0.4, -0.2) is 27.5 Å². The van der Waals surface area contributed by atoms with Crippen molar-refractivity contribution in [2.75, 3.05) is 17.3 Å². The molecule has 2 rings (SSSR count). The van der Waals surface area contributed by atoms with Crippen molar-refractivity contribution in [2.45, 2.75) is 13.2 Å². The van der Waals surface area contributed by atoms with Gasteiger partial charge in [-0.1, -0.05) is 18.2 Å². The topological polar surface area (TPSA) is 76.0 Å². The number of hydrogen-bond acceptors (Lipinski definition) is 4. The fraction of sp³-hybridized carbons (Fsp3) is 0.188. The molecule has 22 heavy (non-hydrogen) atoms. The van der Waals surface area contributed by atoms with E-state index in [0.29, 0.717) is 21.9 Å². The Morgan fingerprint density at radius 1 is 1.09 bits per heavy atom. The van der Waals surface area contributed by atoms with Gasteiger partial charge in [0.15, 0.2) is 5.11 Å². The lowest BCUT2D eigenvalue weighted by Crippen LogP contribution is -2.31. The van der Waals surface area contributed by atoms with Gasteiger partial charge in [0.2, 0.25) is 0 Å². The number of nitrogens with zero attached hydrogens (tertiary/aromatic N) is 1. The van der Waals surface area contributed by atoms with Gasteiger partial charge < -0.3 is 25.5 Å². The molecule has 0 amide bonds. The first kappa shape index (κ1) is 16.2. The third-order valence-corrected chi connectivity index (χ3v) is 3.69. The Hall–Kier alpha value is -2.15. The number of thiocarbonyl (C=S) groups is 1. The van der Waals surface area contributed by atoms with Crippen molar-refractivity contribution in [1.29, 1.82) is 0 Å². The third-order valence-electron chi connectivity index (χ3n) is 3.31. The lowest BCUT2D eigenvalue weighted by molar-refractivity contribution is 0.264. The summed E-state index contributed by atoms with van der Waals surface area (Å²) in [6, 6.07) is 12.8. The molecule has 5 nitrogen and oxygen atoms in total. The maximum atomic E-state index is 9.88. The minimum atomic E-state index is -0.320. The fourth-order valence-corrected chi connectivity index (χ4v) is 2.25. The molecule has 0 radical (unpaired) electrons. The van der Waals surface area contributed by atoms with Gasteiger partial charge in [-0.15, -0.1) is 0 Å². The van der Waals surface area contributed by atoms with Gasteiger partial charge in [-0.25, -0.2) is 0 Å². The van der Waals surface area contributed by atoms with Gasteiger partial charge >= 0.3 is 0 Å². The average molecular weight is 318 g/mol. The summed E-state index contributed by atoms with van der Waals surface area (Å²) < 4.78 is 0. The number of aliphatic hydroxyl groups is 2. The van der Waals surface area contributed by atoms with Crippen LogP contribution in [-0.2, 0) is 13.2 Å². The van der Waals surface area contributed by atoms with Crippen LogP contribution < -0.4 is 10.2 Å². The van der Waals surface area contributed by atoms with Crippen molar-refractivity contribution in [1.82, 2.24) is 0 Å². The van der Waals surface area contributed by atoms with Crippen molar-refractivity contribution >= 4 is 28.7 Å². The molecule has 4 N–H and O–H groups in total. The quantitative estimate of drug-likeness (QED) is 0.648. The summed E-state index contributed by atoms with van der Waals surface area (Å²) in [7, 11) is 1.77. The van der Waals surface area contributed by atoms with Gasteiger partial charge in [-0.3, -0.25) is 0 Å². The number of hydrogen-bond donors (Lipinski definition) is 4. The summed E-state index contributed by atoms with van der Waals surface area (Å²) in [5.74, 6) is -0.0934. The minimum Gasteiger partial charge on any atom is -0.507 e. The molecule has 0 aromatic heterocycles. The normalized spacial score (nSPS) is 10.3. The lowest BCUT2D eigenvalue weighted by atomic mass is 10.1. The number of benzene rings is 2. The van der Waals surface area contributed by atoms with E-state index in [9.17, 15) is 15.3 Å². The van der Waals surface area contributed by atoms with Gasteiger partial charge in [-0.2, -0.15) is 0 Å². The van der Waals surface area contributed by atoms with Crippen LogP contribution in [0.15, 0.2) is 42.5 Å². The van der Waals surface area contributed by atoms with Crippen molar-refractivity contribution < 1.29 is 15.3 Å². The largest absolute Gasteiger partial charge is 0.507 e. The number of rotatable bonds is 4. The SMILES string of the molecule is CN(C(=S)Nc1ccccc1)c1cc(CO)c(O)c(CO)c1. The monoisotopic (exact) mass is 318 g/mol. The smallest absolute Gasteiger partial charge is 0.177 e. The molecular formula is C16H18N2O3S. The molecule has 0 atom stereocenters. The van der Waals surface area contributed by atoms with E-state index in [1.165, 1.54) is 0 Å². The Morgan fingerprint density at radius 2 is 1.64 bits per heavy atom. The zero-order valence-electron chi connectivity index (χ0n) is 12.2. The molecule has 0 fully saturated rings. The predicted molar refractivity (Wildman–Crippen MR) is 91.0 cm³/mol. The van der Waals surface area contributed by atoms with E-state index in [4.69, 9.17) is 12.2 Å². The van der Waals surface area contributed by atoms with Crippen LogP contribution in [0.2, 0.25) is 0 Å². The molecule has 2 aromatic carbocycles. The average Bonchev–Trinajstić information content (AvgIpc) is 2.55. The van der Waals surface area contributed by atoms with E-state index in [1.54, 1.807) is 24.1 Å². The number of para-hydroxylation sites is 1. The molecule has 0 aliphatic carbocycles. The first-order valence-corrected chi connectivity index (χ1v) is 7.14. The second-order valence-corrected chi connectivity index (χ2v) is 5.17. The maximum Gasteiger partial charge on any atom is 0.177 e. The highest BCUT2D eigenvalue weighted by Crippen LogP contribution is 2.29. The van der Waals surface area contributed by atoms with Crippen LogP contribution in [0.4, 0.5) is 11.4 Å². The summed E-state index contributed by atoms with van der Waals surface area (Å²) in [5, 5.41) is 32.1.